The highest BCUT2D eigenvalue weighted by molar-refractivity contribution is 7.99. The number of alkyl halides is 1. The quantitative estimate of drug-likeness (QED) is 0.583. The number of rotatable bonds is 4. The molecule has 0 aliphatic heterocycles. The van der Waals surface area contributed by atoms with E-state index >= 15 is 0 Å². The lowest BCUT2D eigenvalue weighted by Gasteiger charge is -2.06. The van der Waals surface area contributed by atoms with E-state index in [4.69, 9.17) is 27.9 Å². The van der Waals surface area contributed by atoms with Gasteiger partial charge in [0.25, 0.3) is 0 Å². The van der Waals surface area contributed by atoms with Gasteiger partial charge in [0.2, 0.25) is 0 Å². The summed E-state index contributed by atoms with van der Waals surface area (Å²) in [5.74, 6) is 2.33. The fourth-order valence-electron chi connectivity index (χ4n) is 0.912. The molecule has 0 aliphatic rings. The molecule has 4 heteroatoms. The van der Waals surface area contributed by atoms with Crippen molar-refractivity contribution in [1.82, 2.24) is 0 Å². The van der Waals surface area contributed by atoms with E-state index < -0.39 is 0 Å². The Labute approximate surface area is 92.4 Å². The van der Waals surface area contributed by atoms with Crippen molar-refractivity contribution in [3.8, 4) is 5.75 Å². The fraction of sp³-hybridized carbons (Fsp3) is 0.333. The van der Waals surface area contributed by atoms with Crippen LogP contribution in [-0.2, 0) is 0 Å². The molecule has 0 spiro atoms. The summed E-state index contributed by atoms with van der Waals surface area (Å²) < 4.78 is 5.17. The highest BCUT2D eigenvalue weighted by Crippen LogP contribution is 2.31. The van der Waals surface area contributed by atoms with Gasteiger partial charge >= 0.3 is 0 Å². The minimum Gasteiger partial charge on any atom is -0.496 e. The van der Waals surface area contributed by atoms with Crippen LogP contribution in [0.5, 0.6) is 5.75 Å². The Morgan fingerprint density at radius 2 is 2.23 bits per heavy atom. The van der Waals surface area contributed by atoms with E-state index in [1.54, 1.807) is 18.9 Å². The van der Waals surface area contributed by atoms with Gasteiger partial charge in [-0.25, -0.2) is 0 Å². The van der Waals surface area contributed by atoms with E-state index in [2.05, 4.69) is 0 Å². The summed E-state index contributed by atoms with van der Waals surface area (Å²) in [7, 11) is 1.65. The summed E-state index contributed by atoms with van der Waals surface area (Å²) in [5.41, 5.74) is 0. The normalized spacial score (nSPS) is 10.1. The first-order chi connectivity index (χ1) is 6.27. The Morgan fingerprint density at radius 1 is 1.46 bits per heavy atom. The lowest BCUT2D eigenvalue weighted by atomic mass is 10.3. The van der Waals surface area contributed by atoms with Gasteiger partial charge in [-0.3, -0.25) is 0 Å². The highest BCUT2D eigenvalue weighted by atomic mass is 35.5. The standard InChI is InChI=1S/C9H10Cl2OS/c1-12-8-3-2-7(11)6-9(8)13-5-4-10/h2-3,6H,4-5H2,1H3. The van der Waals surface area contributed by atoms with Crippen molar-refractivity contribution in [2.75, 3.05) is 18.7 Å². The Morgan fingerprint density at radius 3 is 2.85 bits per heavy atom. The third-order valence-electron chi connectivity index (χ3n) is 1.46. The van der Waals surface area contributed by atoms with Crippen LogP contribution in [0.25, 0.3) is 0 Å². The third-order valence-corrected chi connectivity index (χ3v) is 3.15. The number of ether oxygens (including phenoxy) is 1. The average molecular weight is 237 g/mol. The lowest BCUT2D eigenvalue weighted by Crippen LogP contribution is -1.87. The Kier molecular flexibility index (Phi) is 4.78. The van der Waals surface area contributed by atoms with Gasteiger partial charge in [0, 0.05) is 16.7 Å². The smallest absolute Gasteiger partial charge is 0.132 e. The van der Waals surface area contributed by atoms with Gasteiger partial charge in [-0.1, -0.05) is 11.6 Å². The van der Waals surface area contributed by atoms with Crippen LogP contribution in [0.1, 0.15) is 0 Å². The average Bonchev–Trinajstić information content (AvgIpc) is 2.15. The van der Waals surface area contributed by atoms with Crippen molar-refractivity contribution in [1.29, 1.82) is 0 Å². The highest BCUT2D eigenvalue weighted by Gasteiger charge is 2.03. The van der Waals surface area contributed by atoms with E-state index in [-0.39, 0.29) is 0 Å². The maximum Gasteiger partial charge on any atom is 0.132 e. The minimum absolute atomic E-state index is 0.625. The van der Waals surface area contributed by atoms with Crippen LogP contribution in [0.2, 0.25) is 5.02 Å². The van der Waals surface area contributed by atoms with E-state index in [0.717, 1.165) is 21.4 Å². The molecule has 1 rings (SSSR count). The topological polar surface area (TPSA) is 9.23 Å². The maximum atomic E-state index is 5.85. The Bertz CT molecular complexity index is 278. The zero-order valence-corrected chi connectivity index (χ0v) is 9.55. The minimum atomic E-state index is 0.625. The molecule has 0 fully saturated rings. The first-order valence-corrected chi connectivity index (χ1v) is 5.70. The fourth-order valence-corrected chi connectivity index (χ4v) is 2.18. The third kappa shape index (κ3) is 3.29. The van der Waals surface area contributed by atoms with Gasteiger partial charge in [-0.15, -0.1) is 23.4 Å². The number of methoxy groups -OCH3 is 1. The summed E-state index contributed by atoms with van der Waals surface area (Å²) in [6, 6.07) is 5.56. The van der Waals surface area contributed by atoms with E-state index in [1.165, 1.54) is 0 Å². The molecule has 0 N–H and O–H groups in total. The predicted molar refractivity (Wildman–Crippen MR) is 59.4 cm³/mol. The van der Waals surface area contributed by atoms with Crippen LogP contribution in [0.3, 0.4) is 0 Å². The van der Waals surface area contributed by atoms with Gasteiger partial charge in [-0.2, -0.15) is 0 Å². The molecule has 0 bridgehead atoms. The predicted octanol–water partition coefficient (Wildman–Crippen LogP) is 3.68. The SMILES string of the molecule is COc1ccc(Cl)cc1SCCCl. The second-order valence-electron chi connectivity index (χ2n) is 2.33. The summed E-state index contributed by atoms with van der Waals surface area (Å²) >= 11 is 13.1. The largest absolute Gasteiger partial charge is 0.496 e. The van der Waals surface area contributed by atoms with Crippen molar-refractivity contribution in [3.05, 3.63) is 23.2 Å². The van der Waals surface area contributed by atoms with Gasteiger partial charge in [0.05, 0.1) is 12.0 Å². The molecule has 13 heavy (non-hydrogen) atoms. The first kappa shape index (κ1) is 11.0. The van der Waals surface area contributed by atoms with Gasteiger partial charge in [0.15, 0.2) is 0 Å². The van der Waals surface area contributed by atoms with Crippen molar-refractivity contribution in [2.24, 2.45) is 0 Å². The van der Waals surface area contributed by atoms with Crippen LogP contribution in [0.15, 0.2) is 23.1 Å². The van der Waals surface area contributed by atoms with Gasteiger partial charge in [-0.05, 0) is 18.2 Å². The molecule has 1 aromatic rings. The zero-order valence-electron chi connectivity index (χ0n) is 7.22. The second-order valence-corrected chi connectivity index (χ2v) is 4.28. The molecule has 0 unspecified atom stereocenters. The van der Waals surface area contributed by atoms with Crippen molar-refractivity contribution in [3.63, 3.8) is 0 Å². The zero-order chi connectivity index (χ0) is 9.68. The number of benzene rings is 1. The summed E-state index contributed by atoms with van der Waals surface area (Å²) in [4.78, 5) is 1.04. The van der Waals surface area contributed by atoms with Crippen molar-refractivity contribution < 1.29 is 4.74 Å². The van der Waals surface area contributed by atoms with Crippen LogP contribution in [-0.4, -0.2) is 18.7 Å². The molecule has 1 aromatic carbocycles. The van der Waals surface area contributed by atoms with Crippen LogP contribution >= 0.6 is 35.0 Å². The van der Waals surface area contributed by atoms with Crippen molar-refractivity contribution >= 4 is 35.0 Å². The molecule has 0 saturated heterocycles. The number of hydrogen-bond donors (Lipinski definition) is 0. The molecule has 0 amide bonds. The summed E-state index contributed by atoms with van der Waals surface area (Å²) in [5, 5.41) is 0.720. The van der Waals surface area contributed by atoms with E-state index in [9.17, 15) is 0 Å². The monoisotopic (exact) mass is 236 g/mol. The molecule has 0 aliphatic carbocycles. The maximum absolute atomic E-state index is 5.85. The van der Waals surface area contributed by atoms with Crippen molar-refractivity contribution in [2.45, 2.75) is 4.90 Å². The summed E-state index contributed by atoms with van der Waals surface area (Å²) in [6.07, 6.45) is 0. The first-order valence-electron chi connectivity index (χ1n) is 3.80. The molecular formula is C9H10Cl2OS. The van der Waals surface area contributed by atoms with E-state index in [0.29, 0.717) is 5.88 Å². The van der Waals surface area contributed by atoms with Crippen LogP contribution < -0.4 is 4.74 Å². The molecule has 0 radical (unpaired) electrons. The molecule has 0 saturated carbocycles. The second kappa shape index (κ2) is 5.63. The lowest BCUT2D eigenvalue weighted by molar-refractivity contribution is 0.405. The number of hydrogen-bond acceptors (Lipinski definition) is 2. The van der Waals surface area contributed by atoms with Crippen LogP contribution in [0, 0.1) is 0 Å². The molecule has 0 aromatic heterocycles. The molecule has 1 nitrogen and oxygen atoms in total. The number of thioether (sulfide) groups is 1. The molecule has 0 heterocycles. The van der Waals surface area contributed by atoms with E-state index in [1.807, 2.05) is 18.2 Å². The van der Waals surface area contributed by atoms with Gasteiger partial charge in [0.1, 0.15) is 5.75 Å². The number of halogens is 2. The Hall–Kier alpha value is -0.0500. The van der Waals surface area contributed by atoms with Gasteiger partial charge < -0.3 is 4.74 Å². The molecule has 0 atom stereocenters. The molecular weight excluding hydrogens is 227 g/mol. The van der Waals surface area contributed by atoms with Crippen LogP contribution in [0.4, 0.5) is 0 Å². The molecule has 72 valence electrons. The Balaban J connectivity index is 2.81. The summed E-state index contributed by atoms with van der Waals surface area (Å²) in [6.45, 7) is 0.